The van der Waals surface area contributed by atoms with Gasteiger partial charge in [0.15, 0.2) is 0 Å². The average molecular weight is 243 g/mol. The van der Waals surface area contributed by atoms with E-state index in [1.807, 2.05) is 18.2 Å². The van der Waals surface area contributed by atoms with Gasteiger partial charge in [-0.25, -0.2) is 0 Å². The molecule has 0 radical (unpaired) electrons. The highest BCUT2D eigenvalue weighted by Gasteiger charge is 2.37. The normalized spacial score (nSPS) is 18.1. The molecule has 2 aromatic rings. The van der Waals surface area contributed by atoms with Crippen LogP contribution in [0.25, 0.3) is 11.3 Å². The van der Waals surface area contributed by atoms with Crippen molar-refractivity contribution >= 4 is 5.88 Å². The molecule has 1 fully saturated rings. The number of hydrogen-bond donors (Lipinski definition) is 1. The maximum Gasteiger partial charge on any atom is 0.231 e. The van der Waals surface area contributed by atoms with Gasteiger partial charge in [0, 0.05) is 11.6 Å². The molecule has 0 amide bonds. The van der Waals surface area contributed by atoms with Crippen LogP contribution in [0.3, 0.4) is 0 Å². The van der Waals surface area contributed by atoms with E-state index in [0.29, 0.717) is 5.88 Å². The van der Waals surface area contributed by atoms with Crippen molar-refractivity contribution in [1.29, 1.82) is 0 Å². The van der Waals surface area contributed by atoms with E-state index in [9.17, 15) is 0 Å². The molecule has 1 saturated carbocycles. The first kappa shape index (κ1) is 11.3. The van der Waals surface area contributed by atoms with Crippen molar-refractivity contribution in [2.24, 2.45) is 0 Å². The lowest BCUT2D eigenvalue weighted by atomic mass is 9.82. The van der Waals surface area contributed by atoms with Crippen LogP contribution in [0.5, 0.6) is 0 Å². The molecule has 0 saturated heterocycles. The zero-order valence-electron chi connectivity index (χ0n) is 10.5. The van der Waals surface area contributed by atoms with Gasteiger partial charge in [0.25, 0.3) is 0 Å². The van der Waals surface area contributed by atoms with Crippen molar-refractivity contribution in [2.45, 2.75) is 38.0 Å². The Labute approximate surface area is 106 Å². The molecular formula is C14H17N3O. The third kappa shape index (κ3) is 1.68. The number of nitrogens with zero attached hydrogens (tertiary/aromatic N) is 2. The van der Waals surface area contributed by atoms with E-state index in [1.165, 1.54) is 12.8 Å². The van der Waals surface area contributed by atoms with Crippen molar-refractivity contribution in [3.8, 4) is 11.3 Å². The third-order valence-electron chi connectivity index (χ3n) is 3.92. The van der Waals surface area contributed by atoms with E-state index < -0.39 is 0 Å². The lowest BCUT2D eigenvalue weighted by Crippen LogP contribution is -2.18. The quantitative estimate of drug-likeness (QED) is 0.880. The highest BCUT2D eigenvalue weighted by Crippen LogP contribution is 2.45. The molecule has 0 atom stereocenters. The number of pyridine rings is 1. The van der Waals surface area contributed by atoms with Crippen LogP contribution in [0, 0.1) is 0 Å². The fourth-order valence-electron chi connectivity index (χ4n) is 2.87. The number of aromatic nitrogens is 2. The molecule has 2 heterocycles. The second-order valence-corrected chi connectivity index (χ2v) is 5.25. The van der Waals surface area contributed by atoms with Gasteiger partial charge in [-0.3, -0.25) is 4.98 Å². The van der Waals surface area contributed by atoms with Crippen molar-refractivity contribution in [3.05, 3.63) is 30.1 Å². The number of anilines is 1. The van der Waals surface area contributed by atoms with Gasteiger partial charge in [-0.1, -0.05) is 31.0 Å². The predicted molar refractivity (Wildman–Crippen MR) is 70.0 cm³/mol. The standard InChI is InChI=1S/C14H17N3O/c1-14(7-3-4-8-14)12-11(13(15)18-17-12)10-6-2-5-9-16-10/h2,5-6,9H,3-4,7-8,15H2,1H3. The van der Waals surface area contributed by atoms with Crippen LogP contribution >= 0.6 is 0 Å². The molecule has 94 valence electrons. The molecule has 4 nitrogen and oxygen atoms in total. The number of nitrogens with two attached hydrogens (primary N) is 1. The third-order valence-corrected chi connectivity index (χ3v) is 3.92. The molecule has 1 aliphatic rings. The summed E-state index contributed by atoms with van der Waals surface area (Å²) < 4.78 is 5.22. The summed E-state index contributed by atoms with van der Waals surface area (Å²) in [6.07, 6.45) is 6.52. The largest absolute Gasteiger partial charge is 0.367 e. The lowest BCUT2D eigenvalue weighted by molar-refractivity contribution is 0.386. The fourth-order valence-corrected chi connectivity index (χ4v) is 2.87. The number of nitrogen functional groups attached to an aromatic ring is 1. The van der Waals surface area contributed by atoms with Gasteiger partial charge in [0.05, 0.1) is 11.3 Å². The molecule has 0 bridgehead atoms. The molecule has 18 heavy (non-hydrogen) atoms. The van der Waals surface area contributed by atoms with Gasteiger partial charge in [0.1, 0.15) is 5.69 Å². The Balaban J connectivity index is 2.12. The van der Waals surface area contributed by atoms with Gasteiger partial charge in [-0.15, -0.1) is 0 Å². The lowest BCUT2D eigenvalue weighted by Gasteiger charge is -2.21. The molecule has 0 aromatic carbocycles. The Hall–Kier alpha value is -1.84. The highest BCUT2D eigenvalue weighted by molar-refractivity contribution is 5.73. The first-order chi connectivity index (χ1) is 8.71. The summed E-state index contributed by atoms with van der Waals surface area (Å²) in [6.45, 7) is 2.24. The van der Waals surface area contributed by atoms with Gasteiger partial charge in [-0.2, -0.15) is 0 Å². The van der Waals surface area contributed by atoms with E-state index in [4.69, 9.17) is 10.3 Å². The smallest absolute Gasteiger partial charge is 0.231 e. The minimum atomic E-state index is 0.0774. The van der Waals surface area contributed by atoms with E-state index >= 15 is 0 Å². The number of rotatable bonds is 2. The Kier molecular flexibility index (Phi) is 2.58. The molecule has 2 aromatic heterocycles. The van der Waals surface area contributed by atoms with Gasteiger partial charge < -0.3 is 10.3 Å². The maximum atomic E-state index is 5.93. The summed E-state index contributed by atoms with van der Waals surface area (Å²) in [6, 6.07) is 5.80. The Bertz CT molecular complexity index is 541. The average Bonchev–Trinajstić information content (AvgIpc) is 2.98. The van der Waals surface area contributed by atoms with E-state index in [-0.39, 0.29) is 5.41 Å². The summed E-state index contributed by atoms with van der Waals surface area (Å²) in [7, 11) is 0. The first-order valence-electron chi connectivity index (χ1n) is 6.38. The van der Waals surface area contributed by atoms with Gasteiger partial charge >= 0.3 is 0 Å². The minimum absolute atomic E-state index is 0.0774. The monoisotopic (exact) mass is 243 g/mol. The van der Waals surface area contributed by atoms with Crippen molar-refractivity contribution in [3.63, 3.8) is 0 Å². The van der Waals surface area contributed by atoms with Gasteiger partial charge in [-0.05, 0) is 25.0 Å². The summed E-state index contributed by atoms with van der Waals surface area (Å²) in [5.74, 6) is 0.372. The highest BCUT2D eigenvalue weighted by atomic mass is 16.5. The Morgan fingerprint density at radius 1 is 1.28 bits per heavy atom. The van der Waals surface area contributed by atoms with Crippen molar-refractivity contribution < 1.29 is 4.52 Å². The van der Waals surface area contributed by atoms with Crippen LogP contribution in [0.4, 0.5) is 5.88 Å². The summed E-state index contributed by atoms with van der Waals surface area (Å²) >= 11 is 0. The van der Waals surface area contributed by atoms with Crippen LogP contribution in [-0.2, 0) is 5.41 Å². The van der Waals surface area contributed by atoms with Crippen LogP contribution in [0.2, 0.25) is 0 Å². The summed E-state index contributed by atoms with van der Waals surface area (Å²) in [5.41, 5.74) is 8.70. The molecule has 1 aliphatic carbocycles. The number of hydrogen-bond acceptors (Lipinski definition) is 4. The molecule has 0 aliphatic heterocycles. The molecule has 2 N–H and O–H groups in total. The van der Waals surface area contributed by atoms with Crippen molar-refractivity contribution in [2.75, 3.05) is 5.73 Å². The summed E-state index contributed by atoms with van der Waals surface area (Å²) in [5, 5.41) is 4.21. The summed E-state index contributed by atoms with van der Waals surface area (Å²) in [4.78, 5) is 4.37. The Morgan fingerprint density at radius 3 is 2.72 bits per heavy atom. The van der Waals surface area contributed by atoms with Crippen LogP contribution in [-0.4, -0.2) is 10.1 Å². The van der Waals surface area contributed by atoms with Crippen LogP contribution in [0.15, 0.2) is 28.9 Å². The van der Waals surface area contributed by atoms with E-state index in [0.717, 1.165) is 29.8 Å². The minimum Gasteiger partial charge on any atom is -0.367 e. The topological polar surface area (TPSA) is 64.9 Å². The van der Waals surface area contributed by atoms with Crippen LogP contribution < -0.4 is 5.73 Å². The van der Waals surface area contributed by atoms with E-state index in [2.05, 4.69) is 17.1 Å². The van der Waals surface area contributed by atoms with E-state index in [1.54, 1.807) is 6.20 Å². The zero-order valence-corrected chi connectivity index (χ0v) is 10.5. The molecule has 3 rings (SSSR count). The second kappa shape index (κ2) is 4.12. The molecular weight excluding hydrogens is 226 g/mol. The van der Waals surface area contributed by atoms with Crippen molar-refractivity contribution in [1.82, 2.24) is 10.1 Å². The molecule has 0 spiro atoms. The van der Waals surface area contributed by atoms with Gasteiger partial charge in [0.2, 0.25) is 5.88 Å². The molecule has 0 unspecified atom stereocenters. The SMILES string of the molecule is CC1(c2noc(N)c2-c2ccccn2)CCCC1. The fraction of sp³-hybridized carbons (Fsp3) is 0.429. The zero-order chi connectivity index (χ0) is 12.6. The Morgan fingerprint density at radius 2 is 2.06 bits per heavy atom. The van der Waals surface area contributed by atoms with Crippen LogP contribution in [0.1, 0.15) is 38.3 Å². The predicted octanol–water partition coefficient (Wildman–Crippen LogP) is 3.15. The first-order valence-corrected chi connectivity index (χ1v) is 6.38. The maximum absolute atomic E-state index is 5.93. The molecule has 4 heteroatoms. The second-order valence-electron chi connectivity index (χ2n) is 5.25.